The molecule has 1 heterocycles. The fourth-order valence-electron chi connectivity index (χ4n) is 4.18. The first kappa shape index (κ1) is 30.2. The molecule has 0 saturated heterocycles. The van der Waals surface area contributed by atoms with Crippen LogP contribution < -0.4 is 15.2 Å². The summed E-state index contributed by atoms with van der Waals surface area (Å²) in [5, 5.41) is 12.6. The quantitative estimate of drug-likeness (QED) is 0.219. The van der Waals surface area contributed by atoms with E-state index in [2.05, 4.69) is 10.4 Å². The highest BCUT2D eigenvalue weighted by Gasteiger charge is 2.38. The standard InChI is InChI=1S/C28H31N4O7PS/c1-4-38-40(34,39-5-2)28(20-10-7-6-8-11-20)30-27(33)25-19-26(21-12-9-13-23(18-21)37-3)32(31-25)22-14-16-24(17-15-22)41(29,35)36/h6-19,28H,4-5H2,1-3H3,(H,30,33)(H2,29,35,36). The van der Waals surface area contributed by atoms with Gasteiger partial charge in [0, 0.05) is 5.56 Å². The second kappa shape index (κ2) is 12.8. The number of nitrogens with zero attached hydrogens (tertiary/aromatic N) is 2. The van der Waals surface area contributed by atoms with Crippen LogP contribution in [0.3, 0.4) is 0 Å². The van der Waals surface area contributed by atoms with Gasteiger partial charge in [-0.3, -0.25) is 9.36 Å². The zero-order valence-electron chi connectivity index (χ0n) is 22.8. The van der Waals surface area contributed by atoms with E-state index in [1.165, 1.54) is 28.9 Å². The van der Waals surface area contributed by atoms with Crippen molar-refractivity contribution in [3.8, 4) is 22.7 Å². The van der Waals surface area contributed by atoms with Crippen LogP contribution in [0.15, 0.2) is 89.8 Å². The summed E-state index contributed by atoms with van der Waals surface area (Å²) in [6.45, 7) is 3.61. The van der Waals surface area contributed by atoms with Crippen molar-refractivity contribution < 1.29 is 31.6 Å². The Balaban J connectivity index is 1.80. The van der Waals surface area contributed by atoms with Crippen molar-refractivity contribution in [1.82, 2.24) is 15.1 Å². The fourth-order valence-corrected chi connectivity index (χ4v) is 6.60. The van der Waals surface area contributed by atoms with Gasteiger partial charge in [-0.15, -0.1) is 0 Å². The summed E-state index contributed by atoms with van der Waals surface area (Å²) in [6.07, 6.45) is 0. The van der Waals surface area contributed by atoms with Crippen LogP contribution in [0.5, 0.6) is 5.75 Å². The second-order valence-electron chi connectivity index (χ2n) is 8.76. The third-order valence-electron chi connectivity index (χ3n) is 6.03. The summed E-state index contributed by atoms with van der Waals surface area (Å²) < 4.78 is 55.4. The van der Waals surface area contributed by atoms with Gasteiger partial charge in [0.2, 0.25) is 10.0 Å². The van der Waals surface area contributed by atoms with Crippen molar-refractivity contribution in [3.63, 3.8) is 0 Å². The van der Waals surface area contributed by atoms with Gasteiger partial charge in [0.15, 0.2) is 11.5 Å². The molecule has 0 bridgehead atoms. The number of nitrogens with one attached hydrogen (secondary N) is 1. The van der Waals surface area contributed by atoms with Crippen LogP contribution in [0.1, 0.15) is 35.7 Å². The number of primary sulfonamides is 1. The van der Waals surface area contributed by atoms with Gasteiger partial charge < -0.3 is 19.1 Å². The second-order valence-corrected chi connectivity index (χ2v) is 12.4. The smallest absolute Gasteiger partial charge is 0.357 e. The summed E-state index contributed by atoms with van der Waals surface area (Å²) in [4.78, 5) is 13.6. The highest BCUT2D eigenvalue weighted by atomic mass is 32.2. The zero-order chi connectivity index (χ0) is 29.6. The molecular weight excluding hydrogens is 567 g/mol. The number of carbonyl (C=O) groups is 1. The Hall–Kier alpha value is -3.80. The molecule has 0 aliphatic carbocycles. The molecule has 4 rings (SSSR count). The summed E-state index contributed by atoms with van der Waals surface area (Å²) in [5.41, 5.74) is 2.23. The topological polar surface area (TPSA) is 152 Å². The molecule has 0 radical (unpaired) electrons. The number of aromatic nitrogens is 2. The number of benzene rings is 3. The molecule has 3 N–H and O–H groups in total. The van der Waals surface area contributed by atoms with Crippen molar-refractivity contribution in [1.29, 1.82) is 0 Å². The highest BCUT2D eigenvalue weighted by molar-refractivity contribution is 7.89. The fraction of sp³-hybridized carbons (Fsp3) is 0.214. The van der Waals surface area contributed by atoms with Crippen LogP contribution in [-0.4, -0.2) is 44.4 Å². The van der Waals surface area contributed by atoms with E-state index in [0.717, 1.165) is 0 Å². The molecule has 1 atom stereocenters. The number of rotatable bonds is 12. The molecule has 1 amide bonds. The van der Waals surface area contributed by atoms with Crippen LogP contribution in [0.25, 0.3) is 16.9 Å². The van der Waals surface area contributed by atoms with E-state index in [0.29, 0.717) is 28.3 Å². The number of carbonyl (C=O) groups excluding carboxylic acids is 1. The van der Waals surface area contributed by atoms with E-state index < -0.39 is 29.3 Å². The highest BCUT2D eigenvalue weighted by Crippen LogP contribution is 2.59. The minimum absolute atomic E-state index is 0.0128. The maximum Gasteiger partial charge on any atom is 0.357 e. The average Bonchev–Trinajstić information content (AvgIpc) is 3.42. The number of ether oxygens (including phenoxy) is 1. The first-order chi connectivity index (χ1) is 19.6. The molecule has 11 nitrogen and oxygen atoms in total. The Kier molecular flexibility index (Phi) is 9.42. The molecule has 0 saturated carbocycles. The molecular formula is C28H31N4O7PS. The van der Waals surface area contributed by atoms with Gasteiger partial charge in [-0.1, -0.05) is 42.5 Å². The van der Waals surface area contributed by atoms with Gasteiger partial charge in [0.1, 0.15) is 5.75 Å². The Morgan fingerprint density at radius 1 is 0.976 bits per heavy atom. The van der Waals surface area contributed by atoms with Crippen molar-refractivity contribution >= 4 is 23.5 Å². The molecule has 216 valence electrons. The number of hydrogen-bond donors (Lipinski definition) is 2. The first-order valence-corrected chi connectivity index (χ1v) is 15.9. The summed E-state index contributed by atoms with van der Waals surface area (Å²) >= 11 is 0. The van der Waals surface area contributed by atoms with Crippen LogP contribution in [0.4, 0.5) is 0 Å². The first-order valence-electron chi connectivity index (χ1n) is 12.7. The van der Waals surface area contributed by atoms with E-state index in [1.807, 2.05) is 6.07 Å². The lowest BCUT2D eigenvalue weighted by molar-refractivity contribution is 0.0931. The molecule has 0 spiro atoms. The Morgan fingerprint density at radius 3 is 2.22 bits per heavy atom. The number of methoxy groups -OCH3 is 1. The van der Waals surface area contributed by atoms with E-state index in [9.17, 15) is 17.8 Å². The number of nitrogens with two attached hydrogens (primary N) is 1. The third-order valence-corrected chi connectivity index (χ3v) is 9.26. The zero-order valence-corrected chi connectivity index (χ0v) is 24.5. The number of amides is 1. The molecule has 41 heavy (non-hydrogen) atoms. The minimum Gasteiger partial charge on any atom is -0.497 e. The largest absolute Gasteiger partial charge is 0.497 e. The number of hydrogen-bond acceptors (Lipinski definition) is 8. The molecule has 4 aromatic rings. The minimum atomic E-state index is -3.91. The van der Waals surface area contributed by atoms with Crippen LogP contribution in [0.2, 0.25) is 0 Å². The molecule has 13 heteroatoms. The lowest BCUT2D eigenvalue weighted by atomic mass is 10.1. The maximum absolute atomic E-state index is 13.8. The van der Waals surface area contributed by atoms with E-state index in [1.54, 1.807) is 75.6 Å². The van der Waals surface area contributed by atoms with Crippen molar-refractivity contribution in [2.24, 2.45) is 5.14 Å². The van der Waals surface area contributed by atoms with E-state index >= 15 is 0 Å². The van der Waals surface area contributed by atoms with E-state index in [4.69, 9.17) is 18.9 Å². The molecule has 0 aliphatic rings. The Bertz CT molecular complexity index is 1650. The van der Waals surface area contributed by atoms with Crippen molar-refractivity contribution in [2.45, 2.75) is 24.5 Å². The van der Waals surface area contributed by atoms with Gasteiger partial charge in [-0.05, 0) is 61.9 Å². The molecule has 0 aliphatic heterocycles. The Morgan fingerprint density at radius 2 is 1.63 bits per heavy atom. The molecule has 0 fully saturated rings. The van der Waals surface area contributed by atoms with Gasteiger partial charge in [0.25, 0.3) is 5.91 Å². The summed E-state index contributed by atoms with van der Waals surface area (Å²) in [6, 6.07) is 23.3. The van der Waals surface area contributed by atoms with Crippen LogP contribution in [0, 0.1) is 0 Å². The average molecular weight is 599 g/mol. The van der Waals surface area contributed by atoms with Gasteiger partial charge in [0.05, 0.1) is 36.6 Å². The van der Waals surface area contributed by atoms with Crippen molar-refractivity contribution in [2.75, 3.05) is 20.3 Å². The SMILES string of the molecule is CCOP(=O)(OCC)C(NC(=O)c1cc(-c2cccc(OC)c2)n(-c2ccc(S(N)(=O)=O)cc2)n1)c1ccccc1. The monoisotopic (exact) mass is 598 g/mol. The molecule has 1 unspecified atom stereocenters. The lowest BCUT2D eigenvalue weighted by Gasteiger charge is -2.27. The summed E-state index contributed by atoms with van der Waals surface area (Å²) in [7, 11) is -6.19. The van der Waals surface area contributed by atoms with Gasteiger partial charge in [-0.25, -0.2) is 18.2 Å². The predicted molar refractivity (Wildman–Crippen MR) is 154 cm³/mol. The lowest BCUT2D eigenvalue weighted by Crippen LogP contribution is -2.30. The van der Waals surface area contributed by atoms with Gasteiger partial charge in [-0.2, -0.15) is 5.10 Å². The normalized spacial score (nSPS) is 12.6. The molecule has 3 aromatic carbocycles. The van der Waals surface area contributed by atoms with E-state index in [-0.39, 0.29) is 23.8 Å². The van der Waals surface area contributed by atoms with Crippen molar-refractivity contribution in [3.05, 3.63) is 96.2 Å². The predicted octanol–water partition coefficient (Wildman–Crippen LogP) is 4.89. The van der Waals surface area contributed by atoms with Crippen LogP contribution in [-0.2, 0) is 23.6 Å². The summed E-state index contributed by atoms with van der Waals surface area (Å²) in [5.74, 6) is -1.14. The molecule has 1 aromatic heterocycles. The maximum atomic E-state index is 13.8. The van der Waals surface area contributed by atoms with Gasteiger partial charge >= 0.3 is 7.60 Å². The number of sulfonamides is 1. The Labute approximate surface area is 238 Å². The third kappa shape index (κ3) is 6.92. The van der Waals surface area contributed by atoms with Crippen LogP contribution >= 0.6 is 7.60 Å².